The zero-order valence-corrected chi connectivity index (χ0v) is 12.0. The second-order valence-corrected chi connectivity index (χ2v) is 6.23. The van der Waals surface area contributed by atoms with Crippen molar-refractivity contribution in [1.82, 2.24) is 4.98 Å². The molecule has 0 saturated carbocycles. The number of rotatable bonds is 3. The van der Waals surface area contributed by atoms with Gasteiger partial charge in [-0.25, -0.2) is 8.42 Å². The molecule has 2 rings (SSSR count). The van der Waals surface area contributed by atoms with E-state index in [2.05, 4.69) is 25.6 Å². The van der Waals surface area contributed by atoms with Gasteiger partial charge in [-0.1, -0.05) is 12.1 Å². The molecular weight excluding hydrogens is 316 g/mol. The summed E-state index contributed by atoms with van der Waals surface area (Å²) in [4.78, 5) is 4.22. The molecule has 0 radical (unpaired) electrons. The number of aryl methyl sites for hydroxylation is 1. The highest BCUT2D eigenvalue weighted by Crippen LogP contribution is 2.23. The van der Waals surface area contributed by atoms with E-state index < -0.39 is 10.0 Å². The SMILES string of the molecule is Cc1cc(NS(=O)(=O)c2ccccc2Br)ccn1. The van der Waals surface area contributed by atoms with Crippen LogP contribution < -0.4 is 4.72 Å². The number of benzene rings is 1. The number of hydrogen-bond acceptors (Lipinski definition) is 3. The Hall–Kier alpha value is -1.40. The van der Waals surface area contributed by atoms with Crippen molar-refractivity contribution in [3.05, 3.63) is 52.8 Å². The quantitative estimate of drug-likeness (QED) is 0.943. The van der Waals surface area contributed by atoms with Crippen molar-refractivity contribution in [3.8, 4) is 0 Å². The Labute approximate surface area is 114 Å². The van der Waals surface area contributed by atoms with Gasteiger partial charge in [0.25, 0.3) is 10.0 Å². The number of halogens is 1. The van der Waals surface area contributed by atoms with Crippen molar-refractivity contribution in [2.45, 2.75) is 11.8 Å². The second-order valence-electron chi connectivity index (χ2n) is 3.72. The molecule has 0 bridgehead atoms. The van der Waals surface area contributed by atoms with Crippen molar-refractivity contribution in [2.24, 2.45) is 0 Å². The van der Waals surface area contributed by atoms with E-state index in [-0.39, 0.29) is 4.90 Å². The van der Waals surface area contributed by atoms with E-state index in [9.17, 15) is 8.42 Å². The average Bonchev–Trinajstić information content (AvgIpc) is 2.28. The van der Waals surface area contributed by atoms with Crippen LogP contribution in [0.3, 0.4) is 0 Å². The Kier molecular flexibility index (Phi) is 3.68. The molecule has 1 aromatic carbocycles. The third kappa shape index (κ3) is 2.88. The van der Waals surface area contributed by atoms with E-state index in [0.717, 1.165) is 5.69 Å². The first-order chi connectivity index (χ1) is 8.49. The zero-order chi connectivity index (χ0) is 13.2. The largest absolute Gasteiger partial charge is 0.279 e. The van der Waals surface area contributed by atoms with E-state index in [4.69, 9.17) is 0 Å². The summed E-state index contributed by atoms with van der Waals surface area (Å²) >= 11 is 3.23. The van der Waals surface area contributed by atoms with Gasteiger partial charge < -0.3 is 0 Å². The van der Waals surface area contributed by atoms with Crippen molar-refractivity contribution in [1.29, 1.82) is 0 Å². The molecule has 18 heavy (non-hydrogen) atoms. The minimum atomic E-state index is -3.59. The summed E-state index contributed by atoms with van der Waals surface area (Å²) in [5.74, 6) is 0. The molecule has 2 aromatic rings. The second kappa shape index (κ2) is 5.07. The Bertz CT molecular complexity index is 671. The first-order valence-corrected chi connectivity index (χ1v) is 7.47. The molecule has 0 fully saturated rings. The maximum absolute atomic E-state index is 12.2. The molecule has 0 aliphatic carbocycles. The summed E-state index contributed by atoms with van der Waals surface area (Å²) in [5, 5.41) is 0. The smallest absolute Gasteiger partial charge is 0.263 e. The standard InChI is InChI=1S/C12H11BrN2O2S/c1-9-8-10(6-7-14-9)15-18(16,17)12-5-3-2-4-11(12)13/h2-8H,1H3,(H,14,15). The van der Waals surface area contributed by atoms with Gasteiger partial charge in [0.1, 0.15) is 4.90 Å². The molecule has 0 aliphatic rings. The van der Waals surface area contributed by atoms with Gasteiger partial charge in [-0.05, 0) is 47.1 Å². The van der Waals surface area contributed by atoms with Crippen LogP contribution >= 0.6 is 15.9 Å². The van der Waals surface area contributed by atoms with Crippen LogP contribution in [-0.4, -0.2) is 13.4 Å². The van der Waals surface area contributed by atoms with Crippen molar-refractivity contribution >= 4 is 31.6 Å². The summed E-state index contributed by atoms with van der Waals surface area (Å²) in [5.41, 5.74) is 1.25. The summed E-state index contributed by atoms with van der Waals surface area (Å²) in [6.07, 6.45) is 1.56. The highest BCUT2D eigenvalue weighted by molar-refractivity contribution is 9.10. The van der Waals surface area contributed by atoms with Gasteiger partial charge in [0.15, 0.2) is 0 Å². The fourth-order valence-electron chi connectivity index (χ4n) is 1.48. The number of nitrogens with one attached hydrogen (secondary N) is 1. The van der Waals surface area contributed by atoms with E-state index in [1.165, 1.54) is 0 Å². The lowest BCUT2D eigenvalue weighted by atomic mass is 10.3. The van der Waals surface area contributed by atoms with Gasteiger partial charge in [-0.2, -0.15) is 0 Å². The number of hydrogen-bond donors (Lipinski definition) is 1. The predicted molar refractivity (Wildman–Crippen MR) is 73.9 cm³/mol. The monoisotopic (exact) mass is 326 g/mol. The number of sulfonamides is 1. The Morgan fingerprint density at radius 3 is 2.61 bits per heavy atom. The summed E-state index contributed by atoms with van der Waals surface area (Å²) in [6, 6.07) is 9.96. The van der Waals surface area contributed by atoms with Crippen molar-refractivity contribution in [3.63, 3.8) is 0 Å². The highest BCUT2D eigenvalue weighted by Gasteiger charge is 2.16. The Morgan fingerprint density at radius 2 is 1.94 bits per heavy atom. The van der Waals surface area contributed by atoms with Crippen LogP contribution in [0.4, 0.5) is 5.69 Å². The lowest BCUT2D eigenvalue weighted by Crippen LogP contribution is -2.13. The van der Waals surface area contributed by atoms with Crippen LogP contribution in [0.5, 0.6) is 0 Å². The van der Waals surface area contributed by atoms with E-state index in [1.807, 2.05) is 0 Å². The minimum absolute atomic E-state index is 0.208. The summed E-state index contributed by atoms with van der Waals surface area (Å²) in [7, 11) is -3.59. The molecule has 0 saturated heterocycles. The topological polar surface area (TPSA) is 59.1 Å². The van der Waals surface area contributed by atoms with Crippen LogP contribution in [0.1, 0.15) is 5.69 Å². The maximum Gasteiger partial charge on any atom is 0.263 e. The highest BCUT2D eigenvalue weighted by atomic mass is 79.9. The molecule has 0 atom stereocenters. The first-order valence-electron chi connectivity index (χ1n) is 5.19. The van der Waals surface area contributed by atoms with Gasteiger partial charge in [0.2, 0.25) is 0 Å². The molecular formula is C12H11BrN2O2S. The number of anilines is 1. The van der Waals surface area contributed by atoms with Crippen LogP contribution in [0.2, 0.25) is 0 Å². The van der Waals surface area contributed by atoms with Gasteiger partial charge in [0, 0.05) is 16.4 Å². The minimum Gasteiger partial charge on any atom is -0.279 e. The summed E-state index contributed by atoms with van der Waals surface area (Å²) in [6.45, 7) is 1.80. The van der Waals surface area contributed by atoms with E-state index in [1.54, 1.807) is 49.5 Å². The summed E-state index contributed by atoms with van der Waals surface area (Å²) < 4.78 is 27.4. The van der Waals surface area contributed by atoms with Crippen molar-refractivity contribution in [2.75, 3.05) is 4.72 Å². The number of pyridine rings is 1. The molecule has 1 aromatic heterocycles. The van der Waals surface area contributed by atoms with Crippen LogP contribution in [0, 0.1) is 6.92 Å². The van der Waals surface area contributed by atoms with E-state index >= 15 is 0 Å². The lowest BCUT2D eigenvalue weighted by molar-refractivity contribution is 0.601. The van der Waals surface area contributed by atoms with Crippen LogP contribution in [0.25, 0.3) is 0 Å². The third-order valence-electron chi connectivity index (χ3n) is 2.28. The third-order valence-corrected chi connectivity index (χ3v) is 4.67. The van der Waals surface area contributed by atoms with Crippen LogP contribution in [-0.2, 0) is 10.0 Å². The average molecular weight is 327 g/mol. The maximum atomic E-state index is 12.2. The zero-order valence-electron chi connectivity index (χ0n) is 9.59. The molecule has 0 unspecified atom stereocenters. The lowest BCUT2D eigenvalue weighted by Gasteiger charge is -2.09. The fourth-order valence-corrected chi connectivity index (χ4v) is 3.54. The van der Waals surface area contributed by atoms with E-state index in [0.29, 0.717) is 10.2 Å². The van der Waals surface area contributed by atoms with Crippen molar-refractivity contribution < 1.29 is 8.42 Å². The molecule has 0 amide bonds. The molecule has 4 nitrogen and oxygen atoms in total. The Balaban J connectivity index is 2.37. The molecule has 6 heteroatoms. The normalized spacial score (nSPS) is 11.2. The predicted octanol–water partition coefficient (Wildman–Crippen LogP) is 2.95. The fraction of sp³-hybridized carbons (Fsp3) is 0.0833. The molecule has 94 valence electrons. The van der Waals surface area contributed by atoms with Gasteiger partial charge in [-0.3, -0.25) is 9.71 Å². The van der Waals surface area contributed by atoms with Gasteiger partial charge in [-0.15, -0.1) is 0 Å². The molecule has 1 heterocycles. The number of aromatic nitrogens is 1. The number of nitrogens with zero attached hydrogens (tertiary/aromatic N) is 1. The first kappa shape index (κ1) is 13.0. The van der Waals surface area contributed by atoms with Gasteiger partial charge in [0.05, 0.1) is 5.69 Å². The van der Waals surface area contributed by atoms with Crippen LogP contribution in [0.15, 0.2) is 52.0 Å². The molecule has 0 spiro atoms. The Morgan fingerprint density at radius 1 is 1.22 bits per heavy atom. The molecule has 0 aliphatic heterocycles. The van der Waals surface area contributed by atoms with Gasteiger partial charge >= 0.3 is 0 Å². The molecule has 1 N–H and O–H groups in total.